The van der Waals surface area contributed by atoms with Gasteiger partial charge in [0.15, 0.2) is 0 Å². The molecule has 4 heteroatoms. The Morgan fingerprint density at radius 2 is 2.15 bits per heavy atom. The molecule has 0 amide bonds. The monoisotopic (exact) mass is 270 g/mol. The second kappa shape index (κ2) is 5.29. The smallest absolute Gasteiger partial charge is 0.0625 e. The molecule has 1 aliphatic rings. The molecule has 0 saturated heterocycles. The molecular weight excluding hydrogens is 248 g/mol. The van der Waals surface area contributed by atoms with E-state index >= 15 is 0 Å². The van der Waals surface area contributed by atoms with Crippen LogP contribution in [0.1, 0.15) is 23.9 Å². The maximum atomic E-state index is 6.20. The number of nitrogens with zero attached hydrogens (tertiary/aromatic N) is 3. The van der Waals surface area contributed by atoms with E-state index in [1.54, 1.807) is 0 Å². The van der Waals surface area contributed by atoms with E-state index in [1.807, 2.05) is 11.7 Å². The van der Waals surface area contributed by atoms with Crippen LogP contribution in [0.3, 0.4) is 0 Å². The molecule has 0 bridgehead atoms. The molecule has 0 fully saturated rings. The van der Waals surface area contributed by atoms with Crippen LogP contribution in [0.25, 0.3) is 0 Å². The highest BCUT2D eigenvalue weighted by Crippen LogP contribution is 2.27. The van der Waals surface area contributed by atoms with Gasteiger partial charge in [0.25, 0.3) is 0 Å². The van der Waals surface area contributed by atoms with Crippen LogP contribution in [-0.2, 0) is 26.4 Å². The number of anilines is 1. The van der Waals surface area contributed by atoms with Crippen molar-refractivity contribution in [2.75, 3.05) is 11.4 Å². The van der Waals surface area contributed by atoms with E-state index in [4.69, 9.17) is 5.73 Å². The average Bonchev–Trinajstić information content (AvgIpc) is 2.79. The lowest BCUT2D eigenvalue weighted by atomic mass is 9.98. The molecule has 3 rings (SSSR count). The van der Waals surface area contributed by atoms with E-state index in [0.717, 1.165) is 31.6 Å². The molecule has 2 heterocycles. The Labute approximate surface area is 120 Å². The first kappa shape index (κ1) is 13.2. The second-order valence-corrected chi connectivity index (χ2v) is 5.58. The largest absolute Gasteiger partial charge is 0.364 e. The number of aromatic nitrogens is 2. The first-order valence-corrected chi connectivity index (χ1v) is 7.27. The van der Waals surface area contributed by atoms with E-state index in [-0.39, 0.29) is 6.04 Å². The van der Waals surface area contributed by atoms with Gasteiger partial charge in [0.2, 0.25) is 0 Å². The van der Waals surface area contributed by atoms with Gasteiger partial charge in [-0.15, -0.1) is 0 Å². The molecule has 2 aromatic rings. The summed E-state index contributed by atoms with van der Waals surface area (Å²) in [7, 11) is 2.02. The summed E-state index contributed by atoms with van der Waals surface area (Å²) in [5, 5.41) is 4.53. The van der Waals surface area contributed by atoms with Crippen molar-refractivity contribution in [1.82, 2.24) is 9.78 Å². The predicted molar refractivity (Wildman–Crippen MR) is 81.8 cm³/mol. The number of benzene rings is 1. The standard InChI is InChI=1S/C16H22N4/c1-3-14-9-15(19(2)18-14)11-20-10-13(17)8-12-6-4-5-7-16(12)20/h4-7,9,13H,3,8,10-11,17H2,1-2H3. The molecule has 0 aliphatic carbocycles. The molecule has 106 valence electrons. The molecule has 1 unspecified atom stereocenters. The summed E-state index contributed by atoms with van der Waals surface area (Å²) in [5.74, 6) is 0. The summed E-state index contributed by atoms with van der Waals surface area (Å²) in [6.45, 7) is 3.91. The quantitative estimate of drug-likeness (QED) is 0.926. The SMILES string of the molecule is CCc1cc(CN2CC(N)Cc3ccccc32)n(C)n1. The summed E-state index contributed by atoms with van der Waals surface area (Å²) in [6.07, 6.45) is 1.95. The normalized spacial score (nSPS) is 18.1. The third-order valence-electron chi connectivity index (χ3n) is 4.01. The predicted octanol–water partition coefficient (Wildman–Crippen LogP) is 1.87. The molecule has 1 aromatic carbocycles. The molecule has 1 aliphatic heterocycles. The highest BCUT2D eigenvalue weighted by molar-refractivity contribution is 5.56. The molecular formula is C16H22N4. The minimum Gasteiger partial charge on any atom is -0.364 e. The van der Waals surface area contributed by atoms with Crippen molar-refractivity contribution in [3.8, 4) is 0 Å². The summed E-state index contributed by atoms with van der Waals surface area (Å²) < 4.78 is 1.99. The maximum absolute atomic E-state index is 6.20. The number of nitrogens with two attached hydrogens (primary N) is 1. The number of hydrogen-bond donors (Lipinski definition) is 1. The Balaban J connectivity index is 1.88. The minimum atomic E-state index is 0.212. The topological polar surface area (TPSA) is 47.1 Å². The average molecular weight is 270 g/mol. The molecule has 1 aromatic heterocycles. The van der Waals surface area contributed by atoms with Crippen LogP contribution in [0, 0.1) is 0 Å². The summed E-state index contributed by atoms with van der Waals surface area (Å²) >= 11 is 0. The fourth-order valence-electron chi connectivity index (χ4n) is 2.96. The highest BCUT2D eigenvalue weighted by Gasteiger charge is 2.22. The van der Waals surface area contributed by atoms with E-state index in [9.17, 15) is 0 Å². The van der Waals surface area contributed by atoms with Crippen LogP contribution in [0.4, 0.5) is 5.69 Å². The molecule has 20 heavy (non-hydrogen) atoms. The van der Waals surface area contributed by atoms with Gasteiger partial charge in [0.05, 0.1) is 17.9 Å². The number of fused-ring (bicyclic) bond motifs is 1. The van der Waals surface area contributed by atoms with E-state index in [2.05, 4.69) is 47.3 Å². The van der Waals surface area contributed by atoms with Gasteiger partial charge in [-0.25, -0.2) is 0 Å². The van der Waals surface area contributed by atoms with Crippen LogP contribution in [-0.4, -0.2) is 22.4 Å². The number of para-hydroxylation sites is 1. The molecule has 4 nitrogen and oxygen atoms in total. The minimum absolute atomic E-state index is 0.212. The molecule has 0 saturated carbocycles. The zero-order chi connectivity index (χ0) is 14.1. The summed E-state index contributed by atoms with van der Waals surface area (Å²) in [4.78, 5) is 2.37. The van der Waals surface area contributed by atoms with Crippen molar-refractivity contribution >= 4 is 5.69 Å². The van der Waals surface area contributed by atoms with Crippen molar-refractivity contribution < 1.29 is 0 Å². The molecule has 2 N–H and O–H groups in total. The van der Waals surface area contributed by atoms with Crippen molar-refractivity contribution in [3.05, 3.63) is 47.3 Å². The van der Waals surface area contributed by atoms with Crippen LogP contribution in [0.5, 0.6) is 0 Å². The van der Waals surface area contributed by atoms with Crippen molar-refractivity contribution in [2.45, 2.75) is 32.4 Å². The summed E-state index contributed by atoms with van der Waals surface area (Å²) in [6, 6.07) is 11.0. The number of rotatable bonds is 3. The Kier molecular flexibility index (Phi) is 3.49. The van der Waals surface area contributed by atoms with Crippen LogP contribution < -0.4 is 10.6 Å². The van der Waals surface area contributed by atoms with Gasteiger partial charge < -0.3 is 10.6 Å². The zero-order valence-electron chi connectivity index (χ0n) is 12.2. The Hall–Kier alpha value is -1.81. The fraction of sp³-hybridized carbons (Fsp3) is 0.438. The van der Waals surface area contributed by atoms with Gasteiger partial charge in [-0.2, -0.15) is 5.10 Å². The van der Waals surface area contributed by atoms with Gasteiger partial charge in [0, 0.05) is 25.3 Å². The lowest BCUT2D eigenvalue weighted by Crippen LogP contribution is -2.43. The van der Waals surface area contributed by atoms with Crippen LogP contribution in [0.15, 0.2) is 30.3 Å². The Morgan fingerprint density at radius 3 is 2.90 bits per heavy atom. The van der Waals surface area contributed by atoms with Crippen molar-refractivity contribution in [2.24, 2.45) is 12.8 Å². The first-order valence-electron chi connectivity index (χ1n) is 7.27. The third kappa shape index (κ3) is 2.43. The van der Waals surface area contributed by atoms with E-state index < -0.39 is 0 Å². The zero-order valence-corrected chi connectivity index (χ0v) is 12.2. The molecule has 0 radical (unpaired) electrons. The highest BCUT2D eigenvalue weighted by atomic mass is 15.3. The van der Waals surface area contributed by atoms with Gasteiger partial charge in [-0.05, 0) is 30.5 Å². The van der Waals surface area contributed by atoms with Crippen LogP contribution in [0.2, 0.25) is 0 Å². The van der Waals surface area contributed by atoms with E-state index in [1.165, 1.54) is 16.9 Å². The van der Waals surface area contributed by atoms with Crippen molar-refractivity contribution in [3.63, 3.8) is 0 Å². The number of aryl methyl sites for hydroxylation is 2. The Morgan fingerprint density at radius 1 is 1.35 bits per heavy atom. The Bertz CT molecular complexity index is 602. The van der Waals surface area contributed by atoms with E-state index in [0.29, 0.717) is 0 Å². The van der Waals surface area contributed by atoms with Gasteiger partial charge in [-0.3, -0.25) is 4.68 Å². The van der Waals surface area contributed by atoms with Gasteiger partial charge in [0.1, 0.15) is 0 Å². The molecule has 0 spiro atoms. The first-order chi connectivity index (χ1) is 9.67. The lowest BCUT2D eigenvalue weighted by molar-refractivity contribution is 0.583. The van der Waals surface area contributed by atoms with Crippen molar-refractivity contribution in [1.29, 1.82) is 0 Å². The van der Waals surface area contributed by atoms with Gasteiger partial charge >= 0.3 is 0 Å². The second-order valence-electron chi connectivity index (χ2n) is 5.58. The fourth-order valence-corrected chi connectivity index (χ4v) is 2.96. The summed E-state index contributed by atoms with van der Waals surface area (Å²) in [5.41, 5.74) is 11.3. The third-order valence-corrected chi connectivity index (χ3v) is 4.01. The maximum Gasteiger partial charge on any atom is 0.0625 e. The van der Waals surface area contributed by atoms with Crippen LogP contribution >= 0.6 is 0 Å². The van der Waals surface area contributed by atoms with Gasteiger partial charge in [-0.1, -0.05) is 25.1 Å². The lowest BCUT2D eigenvalue weighted by Gasteiger charge is -2.34. The number of hydrogen-bond acceptors (Lipinski definition) is 3. The molecule has 1 atom stereocenters.